The van der Waals surface area contributed by atoms with Crippen LogP contribution in [0.5, 0.6) is 0 Å². The molecule has 0 saturated carbocycles. The number of anilines is 1. The predicted octanol–water partition coefficient (Wildman–Crippen LogP) is 4.51. The van der Waals surface area contributed by atoms with E-state index in [2.05, 4.69) is 34.3 Å². The number of fused-ring (bicyclic) bond motifs is 1. The zero-order chi connectivity index (χ0) is 24.5. The molecular formula is C23H25N5O3S3. The summed E-state index contributed by atoms with van der Waals surface area (Å²) in [5.41, 5.74) is 4.39. The Kier molecular flexibility index (Phi) is 7.08. The Morgan fingerprint density at radius 3 is 2.56 bits per heavy atom. The largest absolute Gasteiger partial charge is 0.319 e. The summed E-state index contributed by atoms with van der Waals surface area (Å²) in [6, 6.07) is 12.8. The van der Waals surface area contributed by atoms with Crippen molar-refractivity contribution >= 4 is 55.2 Å². The molecule has 0 fully saturated rings. The number of nitrogens with zero attached hydrogens (tertiary/aromatic N) is 3. The molecule has 1 atom stereocenters. The van der Waals surface area contributed by atoms with Crippen LogP contribution < -0.4 is 10.5 Å². The van der Waals surface area contributed by atoms with E-state index in [-0.39, 0.29) is 10.8 Å². The molecule has 0 aliphatic heterocycles. The van der Waals surface area contributed by atoms with Gasteiger partial charge >= 0.3 is 0 Å². The summed E-state index contributed by atoms with van der Waals surface area (Å²) >= 11 is 2.68. The Morgan fingerprint density at radius 2 is 1.91 bits per heavy atom. The highest BCUT2D eigenvalue weighted by Crippen LogP contribution is 2.30. The number of aryl methyl sites for hydroxylation is 2. The molecule has 0 radical (unpaired) electrons. The minimum absolute atomic E-state index is 0.00648. The van der Waals surface area contributed by atoms with Crippen LogP contribution in [0, 0.1) is 0 Å². The molecule has 0 unspecified atom stereocenters. The fraction of sp³-hybridized carbons (Fsp3) is 0.261. The SMILES string of the molecule is CCc1ccc(-c2csc(NC(=O)[C@H](C)Sc3nc4cc(S(N)(=O)=O)ccc4n3CC)n2)cc1. The predicted molar refractivity (Wildman–Crippen MR) is 138 cm³/mol. The Bertz CT molecular complexity index is 1440. The number of nitrogens with one attached hydrogen (secondary N) is 1. The number of hydrogen-bond acceptors (Lipinski definition) is 7. The van der Waals surface area contributed by atoms with E-state index < -0.39 is 15.3 Å². The highest BCUT2D eigenvalue weighted by Gasteiger charge is 2.21. The van der Waals surface area contributed by atoms with Crippen molar-refractivity contribution in [2.75, 3.05) is 5.32 Å². The van der Waals surface area contributed by atoms with Gasteiger partial charge in [0.15, 0.2) is 10.3 Å². The maximum atomic E-state index is 12.8. The van der Waals surface area contributed by atoms with Gasteiger partial charge in [-0.2, -0.15) is 0 Å². The lowest BCUT2D eigenvalue weighted by Gasteiger charge is -2.11. The van der Waals surface area contributed by atoms with Gasteiger partial charge in [0.05, 0.1) is 26.9 Å². The number of sulfonamides is 1. The van der Waals surface area contributed by atoms with Crippen LogP contribution in [0.4, 0.5) is 5.13 Å². The van der Waals surface area contributed by atoms with Crippen molar-refractivity contribution in [3.63, 3.8) is 0 Å². The Morgan fingerprint density at radius 1 is 1.18 bits per heavy atom. The highest BCUT2D eigenvalue weighted by atomic mass is 32.2. The number of thiazole rings is 1. The van der Waals surface area contributed by atoms with E-state index in [0.717, 1.165) is 23.2 Å². The number of carbonyl (C=O) groups excluding carboxylic acids is 1. The van der Waals surface area contributed by atoms with E-state index in [1.165, 1.54) is 40.8 Å². The first-order valence-electron chi connectivity index (χ1n) is 10.7. The first-order valence-corrected chi connectivity index (χ1v) is 14.1. The summed E-state index contributed by atoms with van der Waals surface area (Å²) in [6.07, 6.45) is 0.979. The third kappa shape index (κ3) is 5.17. The number of imidazole rings is 1. The molecule has 3 N–H and O–H groups in total. The van der Waals surface area contributed by atoms with Crippen LogP contribution in [0.1, 0.15) is 26.3 Å². The third-order valence-electron chi connectivity index (χ3n) is 5.37. The maximum Gasteiger partial charge on any atom is 0.239 e. The molecule has 178 valence electrons. The second kappa shape index (κ2) is 9.87. The zero-order valence-corrected chi connectivity index (χ0v) is 21.4. The van der Waals surface area contributed by atoms with Gasteiger partial charge in [-0.25, -0.2) is 23.5 Å². The van der Waals surface area contributed by atoms with Crippen molar-refractivity contribution < 1.29 is 13.2 Å². The van der Waals surface area contributed by atoms with Crippen LogP contribution in [0.15, 0.2) is 57.9 Å². The molecule has 4 aromatic rings. The van der Waals surface area contributed by atoms with Gasteiger partial charge < -0.3 is 9.88 Å². The van der Waals surface area contributed by atoms with Crippen molar-refractivity contribution in [2.24, 2.45) is 5.14 Å². The van der Waals surface area contributed by atoms with Crippen molar-refractivity contribution in [2.45, 2.75) is 49.0 Å². The van der Waals surface area contributed by atoms with Crippen LogP contribution in [0.3, 0.4) is 0 Å². The number of rotatable bonds is 8. The van der Waals surface area contributed by atoms with Gasteiger partial charge in [0, 0.05) is 17.5 Å². The lowest BCUT2D eigenvalue weighted by Crippen LogP contribution is -2.22. The number of thioether (sulfide) groups is 1. The number of primary sulfonamides is 1. The monoisotopic (exact) mass is 515 g/mol. The first kappa shape index (κ1) is 24.4. The van der Waals surface area contributed by atoms with E-state index in [4.69, 9.17) is 5.14 Å². The quantitative estimate of drug-likeness (QED) is 0.333. The summed E-state index contributed by atoms with van der Waals surface area (Å²) in [5, 5.41) is 10.8. The zero-order valence-electron chi connectivity index (χ0n) is 19.0. The van der Waals surface area contributed by atoms with E-state index in [9.17, 15) is 13.2 Å². The second-order valence-electron chi connectivity index (χ2n) is 7.67. The normalized spacial score (nSPS) is 12.7. The lowest BCUT2D eigenvalue weighted by molar-refractivity contribution is -0.115. The minimum Gasteiger partial charge on any atom is -0.319 e. The van der Waals surface area contributed by atoms with Gasteiger partial charge in [-0.1, -0.05) is 43.0 Å². The summed E-state index contributed by atoms with van der Waals surface area (Å²) in [5.74, 6) is -0.188. The summed E-state index contributed by atoms with van der Waals surface area (Å²) in [7, 11) is -3.82. The van der Waals surface area contributed by atoms with Gasteiger partial charge in [-0.05, 0) is 44.0 Å². The second-order valence-corrected chi connectivity index (χ2v) is 11.4. The molecule has 2 heterocycles. The van der Waals surface area contributed by atoms with Gasteiger partial charge in [0.2, 0.25) is 15.9 Å². The van der Waals surface area contributed by atoms with Crippen LogP contribution in [0.25, 0.3) is 22.3 Å². The summed E-state index contributed by atoms with van der Waals surface area (Å²) in [6.45, 7) is 6.50. The Balaban J connectivity index is 1.49. The van der Waals surface area contributed by atoms with Crippen molar-refractivity contribution in [1.82, 2.24) is 14.5 Å². The maximum absolute atomic E-state index is 12.8. The molecule has 0 aliphatic rings. The number of amides is 1. The number of aromatic nitrogens is 3. The van der Waals surface area contributed by atoms with E-state index in [1.54, 1.807) is 13.0 Å². The first-order chi connectivity index (χ1) is 16.2. The van der Waals surface area contributed by atoms with E-state index >= 15 is 0 Å². The molecule has 8 nitrogen and oxygen atoms in total. The lowest BCUT2D eigenvalue weighted by atomic mass is 10.1. The van der Waals surface area contributed by atoms with Crippen molar-refractivity contribution in [1.29, 1.82) is 0 Å². The molecule has 1 amide bonds. The van der Waals surface area contributed by atoms with Gasteiger partial charge in [-0.3, -0.25) is 4.79 Å². The molecule has 0 aliphatic carbocycles. The average molecular weight is 516 g/mol. The number of hydrogen-bond donors (Lipinski definition) is 2. The Labute approximate surface area is 206 Å². The molecule has 0 bridgehead atoms. The van der Waals surface area contributed by atoms with Gasteiger partial charge in [0.25, 0.3) is 0 Å². The standard InChI is InChI=1S/C23H25N5O3S3/c1-4-15-6-8-16(9-7-15)19-13-32-22(25-19)27-21(29)14(3)33-23-26-18-12-17(34(24,30)31)10-11-20(18)28(23)5-2/h6-14H,4-5H2,1-3H3,(H2,24,30,31)(H,25,27,29)/t14-/m0/s1. The fourth-order valence-corrected chi connectivity index (χ4v) is 5.70. The average Bonchev–Trinajstić information content (AvgIpc) is 3.41. The molecule has 2 aromatic heterocycles. The third-order valence-corrected chi connectivity index (χ3v) is 8.13. The number of benzene rings is 2. The molecular weight excluding hydrogens is 490 g/mol. The van der Waals surface area contributed by atoms with Gasteiger partial charge in [-0.15, -0.1) is 11.3 Å². The molecule has 0 saturated heterocycles. The minimum atomic E-state index is -3.82. The smallest absolute Gasteiger partial charge is 0.239 e. The highest BCUT2D eigenvalue weighted by molar-refractivity contribution is 8.00. The molecule has 2 aromatic carbocycles. The fourth-order valence-electron chi connectivity index (χ4n) is 3.45. The van der Waals surface area contributed by atoms with Crippen LogP contribution >= 0.6 is 23.1 Å². The number of nitrogens with two attached hydrogens (primary N) is 1. The molecule has 34 heavy (non-hydrogen) atoms. The summed E-state index contributed by atoms with van der Waals surface area (Å²) in [4.78, 5) is 22.0. The van der Waals surface area contributed by atoms with Gasteiger partial charge in [0.1, 0.15) is 0 Å². The van der Waals surface area contributed by atoms with E-state index in [0.29, 0.717) is 22.3 Å². The topological polar surface area (TPSA) is 120 Å². The van der Waals surface area contributed by atoms with Crippen LogP contribution in [-0.2, 0) is 27.8 Å². The molecule has 11 heteroatoms. The summed E-state index contributed by atoms with van der Waals surface area (Å²) < 4.78 is 25.3. The Hall–Kier alpha value is -2.73. The van der Waals surface area contributed by atoms with Crippen LogP contribution in [-0.4, -0.2) is 34.1 Å². The molecule has 0 spiro atoms. The van der Waals surface area contributed by atoms with E-state index in [1.807, 2.05) is 29.0 Å². The molecule has 4 rings (SSSR count). The van der Waals surface area contributed by atoms with Crippen molar-refractivity contribution in [3.05, 3.63) is 53.4 Å². The number of carbonyl (C=O) groups is 1. The van der Waals surface area contributed by atoms with Crippen LogP contribution in [0.2, 0.25) is 0 Å². The van der Waals surface area contributed by atoms with Crippen molar-refractivity contribution in [3.8, 4) is 11.3 Å².